The van der Waals surface area contributed by atoms with Gasteiger partial charge in [0, 0.05) is 6.61 Å². The highest BCUT2D eigenvalue weighted by Gasteiger charge is 2.29. The minimum atomic E-state index is -2.27. The molecule has 0 aromatic carbocycles. The molecule has 7 N–H and O–H groups in total. The maximum Gasteiger partial charge on any atom is 0.335 e. The molecular formula is C20H42O12. The number of aliphatic hydroxyl groups is 5. The lowest BCUT2D eigenvalue weighted by Gasteiger charge is -2.15. The fourth-order valence-corrected chi connectivity index (χ4v) is 1.45. The normalized spacial score (nSPS) is 16.4. The van der Waals surface area contributed by atoms with Crippen molar-refractivity contribution in [2.24, 2.45) is 5.92 Å². The predicted molar refractivity (Wildman–Crippen MR) is 114 cm³/mol. The lowest BCUT2D eigenvalue weighted by molar-refractivity contribution is -0.165. The van der Waals surface area contributed by atoms with Crippen molar-refractivity contribution in [3.63, 3.8) is 0 Å². The Labute approximate surface area is 189 Å². The first-order valence-electron chi connectivity index (χ1n) is 10.2. The van der Waals surface area contributed by atoms with Gasteiger partial charge in [-0.2, -0.15) is 0 Å². The SMILES string of the molecule is CC(C)COCC(C)OCC(C)O.CC(O)COC(C)CO.O=C(O)C(O)C(O)C(=O)O. The molecule has 6 unspecified atom stereocenters. The predicted octanol–water partition coefficient (Wildman–Crippen LogP) is -0.913. The summed E-state index contributed by atoms with van der Waals surface area (Å²) in [6.07, 6.45) is -5.48. The van der Waals surface area contributed by atoms with E-state index < -0.39 is 36.4 Å². The number of aliphatic carboxylic acids is 2. The number of carboxylic acid groups (broad SMARTS) is 2. The van der Waals surface area contributed by atoms with Gasteiger partial charge in [0.1, 0.15) is 0 Å². The molecule has 0 fully saturated rings. The van der Waals surface area contributed by atoms with Crippen LogP contribution < -0.4 is 0 Å². The smallest absolute Gasteiger partial charge is 0.335 e. The number of carbonyl (C=O) groups is 2. The Hall–Kier alpha value is -1.38. The van der Waals surface area contributed by atoms with Crippen molar-refractivity contribution >= 4 is 11.9 Å². The highest BCUT2D eigenvalue weighted by Crippen LogP contribution is 1.97. The van der Waals surface area contributed by atoms with Crippen molar-refractivity contribution in [1.82, 2.24) is 0 Å². The third kappa shape index (κ3) is 26.7. The molecule has 0 aliphatic rings. The van der Waals surface area contributed by atoms with Crippen LogP contribution in [0, 0.1) is 5.92 Å². The Morgan fingerprint density at radius 2 is 1.03 bits per heavy atom. The Bertz CT molecular complexity index is 438. The molecule has 0 aliphatic heterocycles. The van der Waals surface area contributed by atoms with Crippen molar-refractivity contribution in [3.8, 4) is 0 Å². The van der Waals surface area contributed by atoms with Gasteiger partial charge in [0.05, 0.1) is 50.8 Å². The van der Waals surface area contributed by atoms with Gasteiger partial charge in [-0.15, -0.1) is 0 Å². The zero-order valence-electron chi connectivity index (χ0n) is 19.7. The molecule has 0 amide bonds. The molecule has 0 aliphatic carbocycles. The van der Waals surface area contributed by atoms with E-state index in [0.29, 0.717) is 25.7 Å². The van der Waals surface area contributed by atoms with E-state index in [-0.39, 0.29) is 18.8 Å². The van der Waals surface area contributed by atoms with Crippen LogP contribution in [0.4, 0.5) is 0 Å². The summed E-state index contributed by atoms with van der Waals surface area (Å²) < 4.78 is 15.6. The molecule has 0 saturated heterocycles. The van der Waals surface area contributed by atoms with Crippen LogP contribution in [0.2, 0.25) is 0 Å². The lowest BCUT2D eigenvalue weighted by Crippen LogP contribution is -2.39. The van der Waals surface area contributed by atoms with Crippen molar-refractivity contribution in [2.75, 3.05) is 33.0 Å². The molecule has 12 heteroatoms. The molecule has 0 rings (SSSR count). The Morgan fingerprint density at radius 1 is 0.656 bits per heavy atom. The minimum absolute atomic E-state index is 0.00667. The van der Waals surface area contributed by atoms with Crippen molar-refractivity contribution in [1.29, 1.82) is 0 Å². The summed E-state index contributed by atoms with van der Waals surface area (Å²) in [5.74, 6) is -2.98. The fourth-order valence-electron chi connectivity index (χ4n) is 1.45. The maximum absolute atomic E-state index is 9.77. The third-order valence-corrected chi connectivity index (χ3v) is 3.11. The van der Waals surface area contributed by atoms with Crippen LogP contribution in [0.1, 0.15) is 41.5 Å². The van der Waals surface area contributed by atoms with E-state index in [1.807, 2.05) is 6.92 Å². The minimum Gasteiger partial charge on any atom is -0.479 e. The first-order chi connectivity index (χ1) is 14.6. The van der Waals surface area contributed by atoms with Crippen molar-refractivity contribution < 1.29 is 59.5 Å². The fraction of sp³-hybridized carbons (Fsp3) is 0.900. The molecule has 0 aromatic heterocycles. The molecule has 0 radical (unpaired) electrons. The largest absolute Gasteiger partial charge is 0.479 e. The van der Waals surface area contributed by atoms with Crippen LogP contribution in [0.15, 0.2) is 0 Å². The Kier molecular flexibility index (Phi) is 23.6. The molecule has 0 saturated carbocycles. The Balaban J connectivity index is -0.000000403. The average molecular weight is 475 g/mol. The second-order valence-electron chi connectivity index (χ2n) is 7.67. The summed E-state index contributed by atoms with van der Waals surface area (Å²) in [5.41, 5.74) is 0. The van der Waals surface area contributed by atoms with E-state index in [9.17, 15) is 9.59 Å². The van der Waals surface area contributed by atoms with Gasteiger partial charge in [-0.1, -0.05) is 13.8 Å². The van der Waals surface area contributed by atoms with E-state index in [1.165, 1.54) is 0 Å². The molecule has 0 aromatic rings. The molecule has 194 valence electrons. The van der Waals surface area contributed by atoms with Crippen molar-refractivity contribution in [2.45, 2.75) is 78.2 Å². The summed E-state index contributed by atoms with van der Waals surface area (Å²) in [5, 5.41) is 58.6. The molecule has 6 atom stereocenters. The zero-order valence-corrected chi connectivity index (χ0v) is 19.7. The van der Waals surface area contributed by atoms with E-state index in [2.05, 4.69) is 13.8 Å². The van der Waals surface area contributed by atoms with Crippen molar-refractivity contribution in [3.05, 3.63) is 0 Å². The molecule has 0 heterocycles. The summed E-state index contributed by atoms with van der Waals surface area (Å²) in [6.45, 7) is 13.3. The van der Waals surface area contributed by atoms with Crippen LogP contribution in [0.3, 0.4) is 0 Å². The van der Waals surface area contributed by atoms with E-state index >= 15 is 0 Å². The van der Waals surface area contributed by atoms with Crippen LogP contribution in [0.25, 0.3) is 0 Å². The maximum atomic E-state index is 9.77. The molecule has 12 nitrogen and oxygen atoms in total. The second kappa shape index (κ2) is 21.5. The van der Waals surface area contributed by atoms with Crippen LogP contribution >= 0.6 is 0 Å². The first kappa shape index (κ1) is 35.2. The zero-order chi connectivity index (χ0) is 25.9. The number of ether oxygens (including phenoxy) is 3. The summed E-state index contributed by atoms with van der Waals surface area (Å²) in [6, 6.07) is 0. The molecule has 32 heavy (non-hydrogen) atoms. The third-order valence-electron chi connectivity index (χ3n) is 3.11. The second-order valence-corrected chi connectivity index (χ2v) is 7.67. The molecular weight excluding hydrogens is 432 g/mol. The highest BCUT2D eigenvalue weighted by molar-refractivity contribution is 5.83. The van der Waals surface area contributed by atoms with Gasteiger partial charge < -0.3 is 50.0 Å². The topological polar surface area (TPSA) is 203 Å². The number of aliphatic hydroxyl groups excluding tert-OH is 5. The number of carboxylic acids is 2. The number of hydrogen-bond donors (Lipinski definition) is 7. The van der Waals surface area contributed by atoms with Gasteiger partial charge in [0.15, 0.2) is 12.2 Å². The number of rotatable bonds is 14. The van der Waals surface area contributed by atoms with E-state index in [0.717, 1.165) is 6.61 Å². The van der Waals surface area contributed by atoms with Gasteiger partial charge in [0.25, 0.3) is 0 Å². The van der Waals surface area contributed by atoms with Crippen LogP contribution in [-0.2, 0) is 23.8 Å². The first-order valence-corrected chi connectivity index (χ1v) is 10.2. The van der Waals surface area contributed by atoms with Crippen LogP contribution in [-0.4, -0.2) is 117 Å². The van der Waals surface area contributed by atoms with E-state index in [4.69, 9.17) is 50.0 Å². The van der Waals surface area contributed by atoms with Gasteiger partial charge >= 0.3 is 11.9 Å². The van der Waals surface area contributed by atoms with E-state index in [1.54, 1.807) is 20.8 Å². The highest BCUT2D eigenvalue weighted by atomic mass is 16.5. The summed E-state index contributed by atoms with van der Waals surface area (Å²) in [4.78, 5) is 19.5. The molecule has 0 bridgehead atoms. The standard InChI is InChI=1S/C10H22O3.C6H14O3.C4H6O6/c1-8(2)5-12-7-10(4)13-6-9(3)11;1-5(8)4-9-6(2)3-7;5-1(3(7)8)2(6)4(9)10/h8-11H,5-7H2,1-4H3;5-8H,3-4H2,1-2H3;1-2,5-6H,(H,7,8)(H,9,10). The summed E-state index contributed by atoms with van der Waals surface area (Å²) >= 11 is 0. The van der Waals surface area contributed by atoms with Crippen LogP contribution in [0.5, 0.6) is 0 Å². The lowest BCUT2D eigenvalue weighted by atomic mass is 10.2. The Morgan fingerprint density at radius 3 is 1.31 bits per heavy atom. The van der Waals surface area contributed by atoms with Gasteiger partial charge in [-0.25, -0.2) is 9.59 Å². The molecule has 0 spiro atoms. The van der Waals surface area contributed by atoms with Gasteiger partial charge in [-0.3, -0.25) is 0 Å². The monoisotopic (exact) mass is 474 g/mol. The average Bonchev–Trinajstić information content (AvgIpc) is 2.69. The number of hydrogen-bond acceptors (Lipinski definition) is 10. The van der Waals surface area contributed by atoms with Gasteiger partial charge in [-0.05, 0) is 33.6 Å². The summed E-state index contributed by atoms with van der Waals surface area (Å²) in [7, 11) is 0. The van der Waals surface area contributed by atoms with Gasteiger partial charge in [0.2, 0.25) is 0 Å². The quantitative estimate of drug-likeness (QED) is 0.163.